The molecular weight excluding hydrogens is 328 g/mol. The lowest BCUT2D eigenvalue weighted by atomic mass is 10.2. The number of primary amides is 1. The van der Waals surface area contributed by atoms with Crippen molar-refractivity contribution in [1.82, 2.24) is 4.90 Å². The molecule has 0 unspecified atom stereocenters. The highest BCUT2D eigenvalue weighted by Gasteiger charge is 2.26. The lowest BCUT2D eigenvalue weighted by Gasteiger charge is -2.35. The molecule has 1 aromatic rings. The van der Waals surface area contributed by atoms with Crippen molar-refractivity contribution in [2.45, 2.75) is 26.1 Å². The average Bonchev–Trinajstić information content (AvgIpc) is 2.57. The number of nitrogens with two attached hydrogens (primary N) is 1. The minimum Gasteiger partial charge on any atom is -0.484 e. The molecular formula is C17H22N2O6. The number of ether oxygens (including phenoxy) is 3. The van der Waals surface area contributed by atoms with E-state index < -0.39 is 11.9 Å². The van der Waals surface area contributed by atoms with Crippen LogP contribution in [0.2, 0.25) is 0 Å². The molecule has 1 fully saturated rings. The summed E-state index contributed by atoms with van der Waals surface area (Å²) in [5.41, 5.74) is 5.26. The molecule has 1 aliphatic rings. The van der Waals surface area contributed by atoms with Gasteiger partial charge in [-0.15, -0.1) is 0 Å². The first-order valence-electron chi connectivity index (χ1n) is 7.96. The van der Waals surface area contributed by atoms with E-state index in [0.717, 1.165) is 0 Å². The predicted octanol–water partition coefficient (Wildman–Crippen LogP) is 0.343. The predicted molar refractivity (Wildman–Crippen MR) is 88.0 cm³/mol. The molecule has 1 heterocycles. The van der Waals surface area contributed by atoms with Crippen LogP contribution in [0.15, 0.2) is 24.3 Å². The van der Waals surface area contributed by atoms with Gasteiger partial charge in [-0.1, -0.05) is 0 Å². The molecule has 0 saturated carbocycles. The van der Waals surface area contributed by atoms with Crippen LogP contribution in [0, 0.1) is 0 Å². The van der Waals surface area contributed by atoms with Crippen LogP contribution in [-0.2, 0) is 19.1 Å². The Balaban J connectivity index is 1.83. The second-order valence-electron chi connectivity index (χ2n) is 5.91. The topological polar surface area (TPSA) is 108 Å². The number of carbonyl (C=O) groups excluding carboxylic acids is 3. The van der Waals surface area contributed by atoms with Gasteiger partial charge in [0.15, 0.2) is 13.2 Å². The molecule has 0 aliphatic carbocycles. The molecule has 2 amide bonds. The van der Waals surface area contributed by atoms with Crippen molar-refractivity contribution in [3.05, 3.63) is 29.8 Å². The highest BCUT2D eigenvalue weighted by atomic mass is 16.5. The maximum absolute atomic E-state index is 12.2. The Labute approximate surface area is 145 Å². The summed E-state index contributed by atoms with van der Waals surface area (Å²) in [5, 5.41) is 0. The van der Waals surface area contributed by atoms with Gasteiger partial charge in [0.2, 0.25) is 0 Å². The molecule has 136 valence electrons. The SMILES string of the molecule is C[C@@H]1CN(C(=O)COC(=O)c2ccc(OCC(N)=O)cc2)C[C@H](C)O1. The van der Waals surface area contributed by atoms with Crippen LogP contribution in [0.1, 0.15) is 24.2 Å². The van der Waals surface area contributed by atoms with Crippen molar-refractivity contribution in [3.63, 3.8) is 0 Å². The fraction of sp³-hybridized carbons (Fsp3) is 0.471. The molecule has 2 rings (SSSR count). The molecule has 2 atom stereocenters. The minimum atomic E-state index is -0.607. The highest BCUT2D eigenvalue weighted by Crippen LogP contribution is 2.14. The molecule has 8 nitrogen and oxygen atoms in total. The van der Waals surface area contributed by atoms with E-state index in [2.05, 4.69) is 0 Å². The van der Waals surface area contributed by atoms with E-state index in [1.54, 1.807) is 4.90 Å². The van der Waals surface area contributed by atoms with E-state index in [9.17, 15) is 14.4 Å². The first-order valence-corrected chi connectivity index (χ1v) is 7.96. The van der Waals surface area contributed by atoms with Crippen LogP contribution < -0.4 is 10.5 Å². The molecule has 1 aromatic carbocycles. The van der Waals surface area contributed by atoms with Crippen LogP contribution >= 0.6 is 0 Å². The van der Waals surface area contributed by atoms with Crippen molar-refractivity contribution in [2.24, 2.45) is 5.73 Å². The maximum atomic E-state index is 12.2. The largest absolute Gasteiger partial charge is 0.484 e. The van der Waals surface area contributed by atoms with E-state index in [4.69, 9.17) is 19.9 Å². The van der Waals surface area contributed by atoms with Crippen LogP contribution in [-0.4, -0.2) is 61.2 Å². The molecule has 8 heteroatoms. The number of nitrogens with zero attached hydrogens (tertiary/aromatic N) is 1. The summed E-state index contributed by atoms with van der Waals surface area (Å²) in [7, 11) is 0. The molecule has 25 heavy (non-hydrogen) atoms. The molecule has 0 spiro atoms. The Morgan fingerprint density at radius 3 is 2.28 bits per heavy atom. The van der Waals surface area contributed by atoms with Gasteiger partial charge in [0, 0.05) is 13.1 Å². The van der Waals surface area contributed by atoms with E-state index >= 15 is 0 Å². The summed E-state index contributed by atoms with van der Waals surface area (Å²) in [4.78, 5) is 36.4. The first-order chi connectivity index (χ1) is 11.8. The zero-order valence-corrected chi connectivity index (χ0v) is 14.3. The first kappa shape index (κ1) is 18.7. The molecule has 1 saturated heterocycles. The molecule has 1 aliphatic heterocycles. The number of benzene rings is 1. The Bertz CT molecular complexity index is 621. The lowest BCUT2D eigenvalue weighted by Crippen LogP contribution is -2.49. The van der Waals surface area contributed by atoms with Crippen molar-refractivity contribution < 1.29 is 28.6 Å². The third-order valence-electron chi connectivity index (χ3n) is 3.57. The van der Waals surface area contributed by atoms with E-state index in [1.165, 1.54) is 24.3 Å². The zero-order valence-electron chi connectivity index (χ0n) is 14.3. The maximum Gasteiger partial charge on any atom is 0.338 e. The quantitative estimate of drug-likeness (QED) is 0.742. The molecule has 2 N–H and O–H groups in total. The number of hydrogen-bond donors (Lipinski definition) is 1. The van der Waals surface area contributed by atoms with Gasteiger partial charge in [-0.3, -0.25) is 9.59 Å². The van der Waals surface area contributed by atoms with Crippen molar-refractivity contribution in [3.8, 4) is 5.75 Å². The summed E-state index contributed by atoms with van der Waals surface area (Å²) in [6.45, 7) is 4.18. The normalized spacial score (nSPS) is 20.0. The summed E-state index contributed by atoms with van der Waals surface area (Å²) < 4.78 is 15.7. The van der Waals surface area contributed by atoms with Gasteiger partial charge in [0.25, 0.3) is 11.8 Å². The monoisotopic (exact) mass is 350 g/mol. The number of carbonyl (C=O) groups is 3. The Kier molecular flexibility index (Phi) is 6.35. The van der Waals surface area contributed by atoms with Gasteiger partial charge in [-0.2, -0.15) is 0 Å². The number of morpholine rings is 1. The van der Waals surface area contributed by atoms with Crippen LogP contribution in [0.3, 0.4) is 0 Å². The van der Waals surface area contributed by atoms with Gasteiger partial charge in [0.05, 0.1) is 17.8 Å². The van der Waals surface area contributed by atoms with Gasteiger partial charge in [0.1, 0.15) is 5.75 Å². The lowest BCUT2D eigenvalue weighted by molar-refractivity contribution is -0.146. The highest BCUT2D eigenvalue weighted by molar-refractivity contribution is 5.91. The van der Waals surface area contributed by atoms with Gasteiger partial charge in [-0.25, -0.2) is 4.79 Å². The van der Waals surface area contributed by atoms with Crippen molar-refractivity contribution >= 4 is 17.8 Å². The summed E-state index contributed by atoms with van der Waals surface area (Å²) in [5.74, 6) is -1.04. The minimum absolute atomic E-state index is 0.0450. The van der Waals surface area contributed by atoms with Gasteiger partial charge in [-0.05, 0) is 38.1 Å². The van der Waals surface area contributed by atoms with E-state index in [-0.39, 0.29) is 36.9 Å². The van der Waals surface area contributed by atoms with E-state index in [0.29, 0.717) is 18.8 Å². The fourth-order valence-electron chi connectivity index (χ4n) is 2.53. The summed E-state index contributed by atoms with van der Waals surface area (Å²) in [6.07, 6.45) is -0.0901. The second-order valence-corrected chi connectivity index (χ2v) is 5.91. The van der Waals surface area contributed by atoms with Crippen LogP contribution in [0.4, 0.5) is 0 Å². The van der Waals surface area contributed by atoms with Gasteiger partial charge < -0.3 is 24.8 Å². The molecule has 0 bridgehead atoms. The number of esters is 1. The second kappa shape index (κ2) is 8.48. The summed E-state index contributed by atoms with van der Waals surface area (Å²) >= 11 is 0. The zero-order chi connectivity index (χ0) is 18.4. The van der Waals surface area contributed by atoms with Gasteiger partial charge >= 0.3 is 5.97 Å². The Hall–Kier alpha value is -2.61. The average molecular weight is 350 g/mol. The van der Waals surface area contributed by atoms with Crippen molar-refractivity contribution in [2.75, 3.05) is 26.3 Å². The third-order valence-corrected chi connectivity index (χ3v) is 3.57. The van der Waals surface area contributed by atoms with Crippen LogP contribution in [0.25, 0.3) is 0 Å². The van der Waals surface area contributed by atoms with E-state index in [1.807, 2.05) is 13.8 Å². The molecule has 0 aromatic heterocycles. The standard InChI is InChI=1S/C17H22N2O6/c1-11-7-19(8-12(2)25-11)16(21)10-24-17(22)13-3-5-14(6-4-13)23-9-15(18)20/h3-6,11-12H,7-10H2,1-2H3,(H2,18,20)/t11-,12+. The Morgan fingerprint density at radius 2 is 1.72 bits per heavy atom. The number of rotatable bonds is 6. The Morgan fingerprint density at radius 1 is 1.12 bits per heavy atom. The summed E-state index contributed by atoms with van der Waals surface area (Å²) in [6, 6.07) is 6.02. The smallest absolute Gasteiger partial charge is 0.338 e. The fourth-order valence-corrected chi connectivity index (χ4v) is 2.53. The van der Waals surface area contributed by atoms with Crippen LogP contribution in [0.5, 0.6) is 5.75 Å². The molecule has 0 radical (unpaired) electrons. The number of amides is 2. The number of hydrogen-bond acceptors (Lipinski definition) is 6. The third kappa shape index (κ3) is 5.75. The van der Waals surface area contributed by atoms with Crippen molar-refractivity contribution in [1.29, 1.82) is 0 Å².